The summed E-state index contributed by atoms with van der Waals surface area (Å²) in [6, 6.07) is 14.3. The third-order valence-electron chi connectivity index (χ3n) is 3.33. The first kappa shape index (κ1) is 16.5. The molecule has 0 radical (unpaired) electrons. The summed E-state index contributed by atoms with van der Waals surface area (Å²) in [7, 11) is 1.55. The lowest BCUT2D eigenvalue weighted by Gasteiger charge is -2.16. The minimum Gasteiger partial charge on any atom is -0.481 e. The molecule has 0 aromatic heterocycles. The zero-order chi connectivity index (χ0) is 16.8. The number of carbonyl (C=O) groups excluding carboxylic acids is 2. The Balaban J connectivity index is 2.08. The van der Waals surface area contributed by atoms with Gasteiger partial charge in [-0.3, -0.25) is 9.59 Å². The Bertz CT molecular complexity index is 713. The second-order valence-electron chi connectivity index (χ2n) is 5.19. The van der Waals surface area contributed by atoms with E-state index in [9.17, 15) is 9.59 Å². The molecular weight excluding hydrogens is 292 g/mol. The zero-order valence-electron chi connectivity index (χ0n) is 13.4. The molecule has 0 bridgehead atoms. The predicted molar refractivity (Wildman–Crippen MR) is 89.7 cm³/mol. The third kappa shape index (κ3) is 4.32. The topological polar surface area (TPSA) is 67.4 Å². The summed E-state index contributed by atoms with van der Waals surface area (Å²) < 4.78 is 5.64. The smallest absolute Gasteiger partial charge is 0.265 e. The highest BCUT2D eigenvalue weighted by Gasteiger charge is 2.18. The lowest BCUT2D eigenvalue weighted by atomic mass is 10.1. The molecule has 2 rings (SSSR count). The van der Waals surface area contributed by atoms with Gasteiger partial charge in [-0.05, 0) is 43.7 Å². The number of anilines is 1. The Hall–Kier alpha value is -2.82. The Morgan fingerprint density at radius 1 is 1.09 bits per heavy atom. The molecule has 0 heterocycles. The van der Waals surface area contributed by atoms with E-state index in [2.05, 4.69) is 10.6 Å². The third-order valence-corrected chi connectivity index (χ3v) is 3.33. The van der Waals surface area contributed by atoms with Gasteiger partial charge in [-0.15, -0.1) is 0 Å². The Morgan fingerprint density at radius 3 is 2.52 bits per heavy atom. The van der Waals surface area contributed by atoms with Crippen molar-refractivity contribution in [2.75, 3.05) is 12.4 Å². The minimum absolute atomic E-state index is 0.256. The molecule has 2 N–H and O–H groups in total. The van der Waals surface area contributed by atoms with E-state index in [1.54, 1.807) is 44.3 Å². The van der Waals surface area contributed by atoms with Crippen LogP contribution in [0.25, 0.3) is 0 Å². The van der Waals surface area contributed by atoms with Gasteiger partial charge in [0.25, 0.3) is 11.8 Å². The van der Waals surface area contributed by atoms with Crippen molar-refractivity contribution in [2.24, 2.45) is 0 Å². The standard InChI is InChI=1S/C18H20N2O3/c1-12-7-6-8-14(11-12)23-13(2)17(21)20-16-10-5-4-9-15(16)18(22)19-3/h4-11,13H,1-3H3,(H,19,22)(H,20,21). The van der Waals surface area contributed by atoms with Crippen molar-refractivity contribution in [1.29, 1.82) is 0 Å². The summed E-state index contributed by atoms with van der Waals surface area (Å²) in [5.41, 5.74) is 1.92. The fraction of sp³-hybridized carbons (Fsp3) is 0.222. The molecule has 0 fully saturated rings. The molecule has 5 nitrogen and oxygen atoms in total. The Morgan fingerprint density at radius 2 is 1.83 bits per heavy atom. The number of hydrogen-bond donors (Lipinski definition) is 2. The van der Waals surface area contributed by atoms with Crippen LogP contribution in [0.1, 0.15) is 22.8 Å². The average molecular weight is 312 g/mol. The molecule has 2 aromatic carbocycles. The van der Waals surface area contributed by atoms with Crippen LogP contribution < -0.4 is 15.4 Å². The Kier molecular flexibility index (Phi) is 5.36. The quantitative estimate of drug-likeness (QED) is 0.892. The van der Waals surface area contributed by atoms with Crippen LogP contribution in [0, 0.1) is 6.92 Å². The van der Waals surface area contributed by atoms with Gasteiger partial charge in [0.2, 0.25) is 0 Å². The van der Waals surface area contributed by atoms with Gasteiger partial charge in [0, 0.05) is 7.05 Å². The van der Waals surface area contributed by atoms with Crippen LogP contribution >= 0.6 is 0 Å². The second-order valence-corrected chi connectivity index (χ2v) is 5.19. The van der Waals surface area contributed by atoms with E-state index in [1.165, 1.54) is 0 Å². The molecular formula is C18H20N2O3. The lowest BCUT2D eigenvalue weighted by Crippen LogP contribution is -2.31. The molecule has 1 unspecified atom stereocenters. The minimum atomic E-state index is -0.686. The monoisotopic (exact) mass is 312 g/mol. The van der Waals surface area contributed by atoms with E-state index in [0.29, 0.717) is 17.0 Å². The molecule has 2 amide bonds. The molecule has 0 spiro atoms. The summed E-state index contributed by atoms with van der Waals surface area (Å²) in [6.45, 7) is 3.62. The van der Waals surface area contributed by atoms with Crippen LogP contribution in [0.5, 0.6) is 5.75 Å². The van der Waals surface area contributed by atoms with Crippen molar-refractivity contribution in [3.63, 3.8) is 0 Å². The normalized spacial score (nSPS) is 11.4. The molecule has 0 aliphatic rings. The van der Waals surface area contributed by atoms with E-state index in [0.717, 1.165) is 5.56 Å². The summed E-state index contributed by atoms with van der Waals surface area (Å²) in [6.07, 6.45) is -0.686. The highest BCUT2D eigenvalue weighted by Crippen LogP contribution is 2.17. The number of nitrogens with one attached hydrogen (secondary N) is 2. The molecule has 5 heteroatoms. The zero-order valence-corrected chi connectivity index (χ0v) is 13.4. The summed E-state index contributed by atoms with van der Waals surface area (Å²) >= 11 is 0. The van der Waals surface area contributed by atoms with E-state index < -0.39 is 6.10 Å². The van der Waals surface area contributed by atoms with Gasteiger partial charge in [-0.2, -0.15) is 0 Å². The van der Waals surface area contributed by atoms with Crippen LogP contribution in [0.3, 0.4) is 0 Å². The van der Waals surface area contributed by atoms with Crippen molar-refractivity contribution in [3.8, 4) is 5.75 Å². The fourth-order valence-electron chi connectivity index (χ4n) is 2.11. The Labute approximate surface area is 135 Å². The molecule has 0 saturated heterocycles. The highest BCUT2D eigenvalue weighted by molar-refractivity contribution is 6.04. The van der Waals surface area contributed by atoms with E-state index in [4.69, 9.17) is 4.74 Å². The van der Waals surface area contributed by atoms with Crippen molar-refractivity contribution in [1.82, 2.24) is 5.32 Å². The molecule has 2 aromatic rings. The number of hydrogen-bond acceptors (Lipinski definition) is 3. The van der Waals surface area contributed by atoms with E-state index >= 15 is 0 Å². The first-order valence-corrected chi connectivity index (χ1v) is 7.36. The van der Waals surface area contributed by atoms with E-state index in [1.807, 2.05) is 25.1 Å². The van der Waals surface area contributed by atoms with Gasteiger partial charge in [0.05, 0.1) is 11.3 Å². The van der Waals surface area contributed by atoms with Crippen molar-refractivity contribution in [2.45, 2.75) is 20.0 Å². The van der Waals surface area contributed by atoms with Crippen molar-refractivity contribution >= 4 is 17.5 Å². The van der Waals surface area contributed by atoms with Crippen LogP contribution in [0.4, 0.5) is 5.69 Å². The van der Waals surface area contributed by atoms with E-state index in [-0.39, 0.29) is 11.8 Å². The molecule has 23 heavy (non-hydrogen) atoms. The summed E-state index contributed by atoms with van der Waals surface area (Å²) in [5.74, 6) is 0.0586. The molecule has 0 aliphatic carbocycles. The highest BCUT2D eigenvalue weighted by atomic mass is 16.5. The molecule has 120 valence electrons. The van der Waals surface area contributed by atoms with Crippen LogP contribution in [0.15, 0.2) is 48.5 Å². The second kappa shape index (κ2) is 7.45. The van der Waals surface area contributed by atoms with Crippen LogP contribution in [-0.4, -0.2) is 25.0 Å². The van der Waals surface area contributed by atoms with Gasteiger partial charge in [-0.1, -0.05) is 24.3 Å². The van der Waals surface area contributed by atoms with Crippen molar-refractivity contribution < 1.29 is 14.3 Å². The number of para-hydroxylation sites is 1. The largest absolute Gasteiger partial charge is 0.481 e. The van der Waals surface area contributed by atoms with Gasteiger partial charge in [0.15, 0.2) is 6.10 Å². The average Bonchev–Trinajstić information content (AvgIpc) is 2.54. The van der Waals surface area contributed by atoms with Crippen molar-refractivity contribution in [3.05, 3.63) is 59.7 Å². The van der Waals surface area contributed by atoms with Gasteiger partial charge in [0.1, 0.15) is 5.75 Å². The number of aryl methyl sites for hydroxylation is 1. The van der Waals surface area contributed by atoms with Gasteiger partial charge < -0.3 is 15.4 Å². The predicted octanol–water partition coefficient (Wildman–Crippen LogP) is 2.76. The maximum atomic E-state index is 12.3. The summed E-state index contributed by atoms with van der Waals surface area (Å²) in [4.78, 5) is 24.1. The van der Waals surface area contributed by atoms with Gasteiger partial charge >= 0.3 is 0 Å². The van der Waals surface area contributed by atoms with Crippen LogP contribution in [0.2, 0.25) is 0 Å². The van der Waals surface area contributed by atoms with Crippen LogP contribution in [-0.2, 0) is 4.79 Å². The molecule has 1 atom stereocenters. The first-order chi connectivity index (χ1) is 11.0. The maximum absolute atomic E-state index is 12.3. The first-order valence-electron chi connectivity index (χ1n) is 7.36. The summed E-state index contributed by atoms with van der Waals surface area (Å²) in [5, 5.41) is 5.28. The number of amides is 2. The maximum Gasteiger partial charge on any atom is 0.265 e. The fourth-order valence-corrected chi connectivity index (χ4v) is 2.11. The number of benzene rings is 2. The SMILES string of the molecule is CNC(=O)c1ccccc1NC(=O)C(C)Oc1cccc(C)c1. The number of rotatable bonds is 5. The molecule has 0 saturated carbocycles. The molecule has 0 aliphatic heterocycles. The lowest BCUT2D eigenvalue weighted by molar-refractivity contribution is -0.122. The van der Waals surface area contributed by atoms with Gasteiger partial charge in [-0.25, -0.2) is 0 Å². The number of carbonyl (C=O) groups is 2. The number of ether oxygens (including phenoxy) is 1.